The van der Waals surface area contributed by atoms with Gasteiger partial charge in [0.1, 0.15) is 0 Å². The van der Waals surface area contributed by atoms with Gasteiger partial charge in [-0.1, -0.05) is 18.2 Å². The molecule has 1 aliphatic heterocycles. The fourth-order valence-electron chi connectivity index (χ4n) is 1.67. The number of carbonyl (C=O) groups is 2. The van der Waals surface area contributed by atoms with Gasteiger partial charge in [0.2, 0.25) is 9.05 Å². The van der Waals surface area contributed by atoms with Crippen LogP contribution in [0.4, 0.5) is 5.69 Å². The number of carbonyl (C=O) groups excluding carboxylic acids is 2. The Morgan fingerprint density at radius 3 is 2.17 bits per heavy atom. The van der Waals surface area contributed by atoms with Gasteiger partial charge >= 0.3 is 0 Å². The molecule has 0 aliphatic carbocycles. The average Bonchev–Trinajstić information content (AvgIpc) is 2.58. The summed E-state index contributed by atoms with van der Waals surface area (Å²) < 4.78 is 22.2. The number of halogens is 1. The molecule has 0 saturated heterocycles. The maximum atomic E-state index is 11.5. The van der Waals surface area contributed by atoms with E-state index in [9.17, 15) is 18.0 Å². The van der Waals surface area contributed by atoms with Gasteiger partial charge in [-0.3, -0.25) is 9.59 Å². The fraction of sp³-hybridized carbons (Fsp3) is 0.0909. The first-order valence-corrected chi connectivity index (χ1v) is 7.43. The fourth-order valence-corrected chi connectivity index (χ4v) is 2.64. The van der Waals surface area contributed by atoms with E-state index >= 15 is 0 Å². The third kappa shape index (κ3) is 2.60. The largest absolute Gasteiger partial charge is 0.269 e. The van der Waals surface area contributed by atoms with Crippen LogP contribution in [0.2, 0.25) is 0 Å². The Labute approximate surface area is 108 Å². The lowest BCUT2D eigenvalue weighted by Gasteiger charge is -2.17. The first-order valence-electron chi connectivity index (χ1n) is 4.95. The van der Waals surface area contributed by atoms with Crippen molar-refractivity contribution >= 4 is 37.2 Å². The zero-order valence-electron chi connectivity index (χ0n) is 9.04. The van der Waals surface area contributed by atoms with Gasteiger partial charge in [-0.25, -0.2) is 13.3 Å². The minimum atomic E-state index is -3.76. The summed E-state index contributed by atoms with van der Waals surface area (Å²) in [5.74, 6) is -1.44. The molecule has 0 atom stereocenters. The first kappa shape index (κ1) is 12.8. The molecule has 1 aromatic rings. The maximum absolute atomic E-state index is 11.5. The van der Waals surface area contributed by atoms with Crippen molar-refractivity contribution < 1.29 is 18.0 Å². The van der Waals surface area contributed by atoms with E-state index in [1.807, 2.05) is 0 Å². The van der Waals surface area contributed by atoms with Gasteiger partial charge in [0, 0.05) is 22.8 Å². The number of rotatable bonds is 3. The molecule has 7 heteroatoms. The number of nitrogens with zero attached hydrogens (tertiary/aromatic N) is 1. The van der Waals surface area contributed by atoms with Crippen molar-refractivity contribution in [3.8, 4) is 0 Å². The molecule has 94 valence electrons. The van der Waals surface area contributed by atoms with Crippen LogP contribution in [0.5, 0.6) is 0 Å². The van der Waals surface area contributed by atoms with Crippen LogP contribution in [-0.4, -0.2) is 20.2 Å². The standard InChI is InChI=1S/C11H8ClNO4S/c12-18(16,17)7-8-3-1-2-4-9(8)13-10(14)5-6-11(13)15/h1-6H,7H2. The Bertz CT molecular complexity index is 633. The van der Waals surface area contributed by atoms with Crippen molar-refractivity contribution in [2.45, 2.75) is 5.75 Å². The number of hydrogen-bond acceptors (Lipinski definition) is 4. The normalized spacial score (nSPS) is 15.5. The Hall–Kier alpha value is -1.66. The number of amides is 2. The van der Waals surface area contributed by atoms with Gasteiger partial charge in [0.05, 0.1) is 11.4 Å². The van der Waals surface area contributed by atoms with Crippen LogP contribution in [0.1, 0.15) is 5.56 Å². The Balaban J connectivity index is 2.46. The van der Waals surface area contributed by atoms with Crippen LogP contribution >= 0.6 is 10.7 Å². The summed E-state index contributed by atoms with van der Waals surface area (Å²) in [5, 5.41) is 0. The summed E-state index contributed by atoms with van der Waals surface area (Å²) in [5.41, 5.74) is 0.541. The van der Waals surface area contributed by atoms with Gasteiger partial charge < -0.3 is 0 Å². The zero-order chi connectivity index (χ0) is 13.3. The summed E-state index contributed by atoms with van der Waals surface area (Å²) in [7, 11) is 1.43. The molecule has 2 rings (SSSR count). The van der Waals surface area contributed by atoms with Crippen molar-refractivity contribution in [2.24, 2.45) is 0 Å². The van der Waals surface area contributed by atoms with Crippen LogP contribution in [0.3, 0.4) is 0 Å². The molecule has 0 bridgehead atoms. The molecular formula is C11H8ClNO4S. The lowest BCUT2D eigenvalue weighted by molar-refractivity contribution is -0.119. The number of benzene rings is 1. The van der Waals surface area contributed by atoms with E-state index in [4.69, 9.17) is 10.7 Å². The van der Waals surface area contributed by atoms with Crippen molar-refractivity contribution in [3.05, 3.63) is 42.0 Å². The molecular weight excluding hydrogens is 278 g/mol. The maximum Gasteiger partial charge on any atom is 0.258 e. The molecule has 0 fully saturated rings. The van der Waals surface area contributed by atoms with E-state index in [-0.39, 0.29) is 5.69 Å². The smallest absolute Gasteiger partial charge is 0.258 e. The average molecular weight is 286 g/mol. The molecule has 5 nitrogen and oxygen atoms in total. The van der Waals surface area contributed by atoms with E-state index in [0.717, 1.165) is 17.1 Å². The van der Waals surface area contributed by atoms with Crippen molar-refractivity contribution in [1.29, 1.82) is 0 Å². The number of para-hydroxylation sites is 1. The summed E-state index contributed by atoms with van der Waals surface area (Å²) in [6, 6.07) is 6.23. The SMILES string of the molecule is O=C1C=CC(=O)N1c1ccccc1CS(=O)(=O)Cl. The van der Waals surface area contributed by atoms with Crippen LogP contribution in [0.15, 0.2) is 36.4 Å². The minimum Gasteiger partial charge on any atom is -0.269 e. The zero-order valence-corrected chi connectivity index (χ0v) is 10.6. The number of hydrogen-bond donors (Lipinski definition) is 0. The summed E-state index contributed by atoms with van der Waals surface area (Å²) in [6.45, 7) is 0. The van der Waals surface area contributed by atoms with Gasteiger partial charge in [0.25, 0.3) is 11.8 Å². The Morgan fingerprint density at radius 1 is 1.06 bits per heavy atom. The quantitative estimate of drug-likeness (QED) is 0.618. The topological polar surface area (TPSA) is 71.5 Å². The monoisotopic (exact) mass is 285 g/mol. The molecule has 1 heterocycles. The summed E-state index contributed by atoms with van der Waals surface area (Å²) in [6.07, 6.45) is 2.27. The van der Waals surface area contributed by atoms with Gasteiger partial charge in [-0.05, 0) is 11.6 Å². The molecule has 0 saturated carbocycles. The highest BCUT2D eigenvalue weighted by Gasteiger charge is 2.27. The summed E-state index contributed by atoms with van der Waals surface area (Å²) >= 11 is 0. The van der Waals surface area contributed by atoms with Gasteiger partial charge in [0.15, 0.2) is 0 Å². The molecule has 0 aromatic heterocycles. The molecule has 2 amide bonds. The third-order valence-corrected chi connectivity index (χ3v) is 3.35. The van der Waals surface area contributed by atoms with Crippen LogP contribution < -0.4 is 4.90 Å². The number of anilines is 1. The van der Waals surface area contributed by atoms with E-state index in [0.29, 0.717) is 5.56 Å². The second-order valence-corrected chi connectivity index (χ2v) is 6.43. The lowest BCUT2D eigenvalue weighted by Crippen LogP contribution is -2.30. The number of imide groups is 1. The van der Waals surface area contributed by atoms with Gasteiger partial charge in [-0.2, -0.15) is 0 Å². The highest BCUT2D eigenvalue weighted by atomic mass is 35.7. The molecule has 0 N–H and O–H groups in total. The second kappa shape index (κ2) is 4.55. The molecule has 0 radical (unpaired) electrons. The van der Waals surface area contributed by atoms with Crippen LogP contribution in [0, 0.1) is 0 Å². The molecule has 18 heavy (non-hydrogen) atoms. The highest BCUT2D eigenvalue weighted by molar-refractivity contribution is 8.13. The Kier molecular flexibility index (Phi) is 3.23. The van der Waals surface area contributed by atoms with Crippen LogP contribution in [-0.2, 0) is 24.4 Å². The molecule has 0 unspecified atom stereocenters. The van der Waals surface area contributed by atoms with E-state index in [1.54, 1.807) is 12.1 Å². The van der Waals surface area contributed by atoms with Crippen molar-refractivity contribution in [1.82, 2.24) is 0 Å². The first-order chi connectivity index (χ1) is 8.38. The Morgan fingerprint density at radius 2 is 1.61 bits per heavy atom. The van der Waals surface area contributed by atoms with Crippen molar-refractivity contribution in [2.75, 3.05) is 4.90 Å². The summed E-state index contributed by atoms with van der Waals surface area (Å²) in [4.78, 5) is 24.0. The predicted molar refractivity (Wildman–Crippen MR) is 66.6 cm³/mol. The lowest BCUT2D eigenvalue weighted by atomic mass is 10.2. The predicted octanol–water partition coefficient (Wildman–Crippen LogP) is 1.18. The molecule has 1 aromatic carbocycles. The second-order valence-electron chi connectivity index (χ2n) is 3.66. The van der Waals surface area contributed by atoms with Crippen molar-refractivity contribution in [3.63, 3.8) is 0 Å². The van der Waals surface area contributed by atoms with Gasteiger partial charge in [-0.15, -0.1) is 0 Å². The highest BCUT2D eigenvalue weighted by Crippen LogP contribution is 2.26. The van der Waals surface area contributed by atoms with E-state index in [1.165, 1.54) is 12.1 Å². The molecule has 0 spiro atoms. The van der Waals surface area contributed by atoms with E-state index < -0.39 is 26.6 Å². The molecule has 1 aliphatic rings. The third-order valence-electron chi connectivity index (χ3n) is 2.37. The minimum absolute atomic E-state index is 0.238. The van der Waals surface area contributed by atoms with Crippen LogP contribution in [0.25, 0.3) is 0 Å². The van der Waals surface area contributed by atoms with E-state index in [2.05, 4.69) is 0 Å².